The van der Waals surface area contributed by atoms with Crippen LogP contribution in [-0.4, -0.2) is 36.2 Å². The summed E-state index contributed by atoms with van der Waals surface area (Å²) in [6.07, 6.45) is 7.17. The van der Waals surface area contributed by atoms with Crippen molar-refractivity contribution in [2.75, 3.05) is 19.7 Å². The molecule has 4 unspecified atom stereocenters. The number of nitrogens with one attached hydrogen (secondary N) is 2. The Labute approximate surface area is 129 Å². The van der Waals surface area contributed by atoms with E-state index in [0.717, 1.165) is 32.4 Å². The van der Waals surface area contributed by atoms with E-state index < -0.39 is 0 Å². The first-order chi connectivity index (χ1) is 10.0. The van der Waals surface area contributed by atoms with E-state index in [1.54, 1.807) is 0 Å². The Hall–Kier alpha value is -0.610. The van der Waals surface area contributed by atoms with E-state index in [9.17, 15) is 9.90 Å². The molecule has 4 atom stereocenters. The van der Waals surface area contributed by atoms with Crippen molar-refractivity contribution in [3.05, 3.63) is 0 Å². The lowest BCUT2D eigenvalue weighted by Crippen LogP contribution is -2.54. The second kappa shape index (κ2) is 7.59. The zero-order chi connectivity index (χ0) is 15.3. The number of hydrogen-bond acceptors (Lipinski definition) is 3. The molecular formula is C17H32N2O2. The zero-order valence-electron chi connectivity index (χ0n) is 13.7. The summed E-state index contributed by atoms with van der Waals surface area (Å²) >= 11 is 0. The van der Waals surface area contributed by atoms with Crippen molar-refractivity contribution < 1.29 is 9.90 Å². The van der Waals surface area contributed by atoms with Gasteiger partial charge in [0.15, 0.2) is 0 Å². The maximum absolute atomic E-state index is 12.4. The van der Waals surface area contributed by atoms with Gasteiger partial charge >= 0.3 is 0 Å². The summed E-state index contributed by atoms with van der Waals surface area (Å²) in [5.41, 5.74) is -0.362. The molecule has 2 fully saturated rings. The number of hydrogen-bond donors (Lipinski definition) is 3. The summed E-state index contributed by atoms with van der Waals surface area (Å²) in [5, 5.41) is 16.4. The van der Waals surface area contributed by atoms with Crippen LogP contribution in [-0.2, 0) is 4.79 Å². The molecule has 0 aromatic carbocycles. The quantitative estimate of drug-likeness (QED) is 0.728. The Morgan fingerprint density at radius 3 is 2.86 bits per heavy atom. The zero-order valence-corrected chi connectivity index (χ0v) is 13.7. The van der Waals surface area contributed by atoms with Crippen molar-refractivity contribution in [1.29, 1.82) is 0 Å². The molecule has 0 aromatic rings. The van der Waals surface area contributed by atoms with E-state index in [1.165, 1.54) is 19.3 Å². The van der Waals surface area contributed by atoms with Crippen LogP contribution in [0.1, 0.15) is 58.8 Å². The first-order valence-electron chi connectivity index (χ1n) is 8.67. The molecule has 21 heavy (non-hydrogen) atoms. The van der Waals surface area contributed by atoms with Gasteiger partial charge in [-0.15, -0.1) is 0 Å². The van der Waals surface area contributed by atoms with Gasteiger partial charge < -0.3 is 15.7 Å². The molecule has 122 valence electrons. The van der Waals surface area contributed by atoms with Crippen molar-refractivity contribution in [3.63, 3.8) is 0 Å². The van der Waals surface area contributed by atoms with Crippen LogP contribution < -0.4 is 10.6 Å². The second-order valence-electron chi connectivity index (χ2n) is 7.48. The monoisotopic (exact) mass is 296 g/mol. The van der Waals surface area contributed by atoms with Crippen LogP contribution in [0.4, 0.5) is 0 Å². The van der Waals surface area contributed by atoms with Crippen LogP contribution in [0.5, 0.6) is 0 Å². The van der Waals surface area contributed by atoms with Gasteiger partial charge in [0.2, 0.25) is 5.91 Å². The minimum absolute atomic E-state index is 0.0719. The van der Waals surface area contributed by atoms with Crippen LogP contribution in [0.15, 0.2) is 0 Å². The standard InChI is InChI=1S/C17H32N2O2/c1-13-5-3-7-17(10-13,12-20)19-16(21)9-14(2)15-6-4-8-18-11-15/h13-15,18,20H,3-12H2,1-2H3,(H,19,21). The number of aliphatic hydroxyl groups is 1. The number of aliphatic hydroxyl groups excluding tert-OH is 1. The van der Waals surface area contributed by atoms with Gasteiger partial charge in [0.1, 0.15) is 0 Å². The minimum atomic E-state index is -0.362. The highest BCUT2D eigenvalue weighted by Crippen LogP contribution is 2.32. The third-order valence-electron chi connectivity index (χ3n) is 5.45. The SMILES string of the molecule is CC1CCCC(CO)(NC(=O)CC(C)C2CCCNC2)C1. The molecule has 1 heterocycles. The first-order valence-corrected chi connectivity index (χ1v) is 8.67. The predicted molar refractivity (Wildman–Crippen MR) is 85.0 cm³/mol. The Morgan fingerprint density at radius 2 is 2.24 bits per heavy atom. The summed E-state index contributed by atoms with van der Waals surface area (Å²) in [6.45, 7) is 6.62. The minimum Gasteiger partial charge on any atom is -0.394 e. The highest BCUT2D eigenvalue weighted by Gasteiger charge is 2.36. The molecule has 2 aliphatic rings. The van der Waals surface area contributed by atoms with E-state index in [0.29, 0.717) is 24.2 Å². The molecule has 0 bridgehead atoms. The Bertz CT molecular complexity index is 342. The third-order valence-corrected chi connectivity index (χ3v) is 5.45. The number of carbonyl (C=O) groups excluding carboxylic acids is 1. The molecular weight excluding hydrogens is 264 g/mol. The van der Waals surface area contributed by atoms with Crippen molar-refractivity contribution >= 4 is 5.91 Å². The van der Waals surface area contributed by atoms with Gasteiger partial charge in [0.25, 0.3) is 0 Å². The van der Waals surface area contributed by atoms with Gasteiger partial charge in [-0.05, 0) is 56.5 Å². The fraction of sp³-hybridized carbons (Fsp3) is 0.941. The number of amides is 1. The lowest BCUT2D eigenvalue weighted by Gasteiger charge is -2.40. The summed E-state index contributed by atoms with van der Waals surface area (Å²) in [6, 6.07) is 0. The van der Waals surface area contributed by atoms with E-state index in [-0.39, 0.29) is 18.1 Å². The van der Waals surface area contributed by atoms with Gasteiger partial charge in [-0.1, -0.05) is 26.7 Å². The lowest BCUT2D eigenvalue weighted by atomic mass is 9.76. The van der Waals surface area contributed by atoms with Crippen LogP contribution >= 0.6 is 0 Å². The average molecular weight is 296 g/mol. The topological polar surface area (TPSA) is 61.4 Å². The van der Waals surface area contributed by atoms with Crippen molar-refractivity contribution in [2.45, 2.75) is 64.3 Å². The van der Waals surface area contributed by atoms with Crippen LogP contribution in [0.3, 0.4) is 0 Å². The lowest BCUT2D eigenvalue weighted by molar-refractivity contribution is -0.125. The summed E-state index contributed by atoms with van der Waals surface area (Å²) < 4.78 is 0. The number of carbonyl (C=O) groups is 1. The van der Waals surface area contributed by atoms with Gasteiger partial charge in [-0.2, -0.15) is 0 Å². The number of rotatable bonds is 5. The van der Waals surface area contributed by atoms with E-state index in [4.69, 9.17) is 0 Å². The molecule has 4 nitrogen and oxygen atoms in total. The summed E-state index contributed by atoms with van der Waals surface area (Å²) in [7, 11) is 0. The Kier molecular flexibility index (Phi) is 6.06. The molecule has 0 radical (unpaired) electrons. The largest absolute Gasteiger partial charge is 0.394 e. The summed E-state index contributed by atoms with van der Waals surface area (Å²) in [5.74, 6) is 1.73. The Balaban J connectivity index is 1.84. The van der Waals surface area contributed by atoms with E-state index in [2.05, 4.69) is 24.5 Å². The highest BCUT2D eigenvalue weighted by atomic mass is 16.3. The van der Waals surface area contributed by atoms with Crippen LogP contribution in [0.25, 0.3) is 0 Å². The fourth-order valence-electron chi connectivity index (χ4n) is 4.13. The van der Waals surface area contributed by atoms with E-state index >= 15 is 0 Å². The molecule has 2 rings (SSSR count). The number of piperidine rings is 1. The van der Waals surface area contributed by atoms with Crippen molar-refractivity contribution in [3.8, 4) is 0 Å². The molecule has 0 aromatic heterocycles. The first kappa shape index (κ1) is 16.8. The van der Waals surface area contributed by atoms with Crippen LogP contribution in [0.2, 0.25) is 0 Å². The van der Waals surface area contributed by atoms with Gasteiger partial charge in [-0.3, -0.25) is 4.79 Å². The smallest absolute Gasteiger partial charge is 0.220 e. The molecule has 1 saturated carbocycles. The summed E-state index contributed by atoms with van der Waals surface area (Å²) in [4.78, 5) is 12.4. The normalized spacial score (nSPS) is 35.2. The molecule has 1 saturated heterocycles. The van der Waals surface area contributed by atoms with Gasteiger partial charge in [-0.25, -0.2) is 0 Å². The molecule has 3 N–H and O–H groups in total. The van der Waals surface area contributed by atoms with Crippen LogP contribution in [0, 0.1) is 17.8 Å². The molecule has 1 aliphatic carbocycles. The van der Waals surface area contributed by atoms with Gasteiger partial charge in [0, 0.05) is 6.42 Å². The molecule has 4 heteroatoms. The highest BCUT2D eigenvalue weighted by molar-refractivity contribution is 5.77. The molecule has 0 spiro atoms. The average Bonchev–Trinajstić information content (AvgIpc) is 2.48. The maximum atomic E-state index is 12.4. The van der Waals surface area contributed by atoms with Crippen molar-refractivity contribution in [2.24, 2.45) is 17.8 Å². The predicted octanol–water partition coefficient (Wildman–Crippen LogP) is 2.07. The van der Waals surface area contributed by atoms with Gasteiger partial charge in [0.05, 0.1) is 12.1 Å². The fourth-order valence-corrected chi connectivity index (χ4v) is 4.13. The maximum Gasteiger partial charge on any atom is 0.220 e. The molecule has 1 amide bonds. The van der Waals surface area contributed by atoms with E-state index in [1.807, 2.05) is 0 Å². The molecule has 1 aliphatic heterocycles. The second-order valence-corrected chi connectivity index (χ2v) is 7.48. The third kappa shape index (κ3) is 4.68. The van der Waals surface area contributed by atoms with Crippen molar-refractivity contribution in [1.82, 2.24) is 10.6 Å². The Morgan fingerprint density at radius 1 is 1.43 bits per heavy atom.